The highest BCUT2D eigenvalue weighted by Gasteiger charge is 2.52. The molecule has 330 valence electrons. The molecule has 0 atom stereocenters. The van der Waals surface area contributed by atoms with Crippen molar-refractivity contribution in [2.75, 3.05) is 4.90 Å². The van der Waals surface area contributed by atoms with Crippen molar-refractivity contribution >= 4 is 82.9 Å². The summed E-state index contributed by atoms with van der Waals surface area (Å²) >= 11 is 0. The van der Waals surface area contributed by atoms with E-state index in [9.17, 15) is 0 Å². The predicted octanol–water partition coefficient (Wildman–Crippen LogP) is 18.5. The minimum atomic E-state index is -0.508. The summed E-state index contributed by atoms with van der Waals surface area (Å²) in [5.74, 6) is 0. The van der Waals surface area contributed by atoms with Crippen LogP contribution in [0.5, 0.6) is 0 Å². The van der Waals surface area contributed by atoms with Crippen LogP contribution in [0.1, 0.15) is 22.3 Å². The Kier molecular flexibility index (Phi) is 7.79. The first-order valence-electron chi connectivity index (χ1n) is 24.3. The fraction of sp³-hybridized carbons (Fsp3) is 0.0149. The number of benzene rings is 11. The maximum Gasteiger partial charge on any atom is 0.159 e. The monoisotopic (exact) mass is 905 g/mol. The van der Waals surface area contributed by atoms with Crippen LogP contribution in [0.25, 0.3) is 110 Å². The lowest BCUT2D eigenvalue weighted by molar-refractivity contribution is 0.664. The molecule has 14 aromatic rings. The van der Waals surface area contributed by atoms with Gasteiger partial charge in [0.1, 0.15) is 27.9 Å². The third-order valence-electron chi connectivity index (χ3n) is 15.5. The largest absolute Gasteiger partial charge is 0.456 e. The summed E-state index contributed by atoms with van der Waals surface area (Å²) in [6.45, 7) is 0. The number of hydrogen-bond acceptors (Lipinski definition) is 4. The van der Waals surface area contributed by atoms with Gasteiger partial charge in [0.15, 0.2) is 5.58 Å². The molecule has 4 heteroatoms. The van der Waals surface area contributed by atoms with Gasteiger partial charge >= 0.3 is 0 Å². The van der Waals surface area contributed by atoms with Gasteiger partial charge in [0, 0.05) is 38.1 Å². The molecule has 0 unspecified atom stereocenters. The smallest absolute Gasteiger partial charge is 0.159 e. The Labute approximate surface area is 407 Å². The molecule has 2 aliphatic rings. The molecule has 0 radical (unpaired) electrons. The van der Waals surface area contributed by atoms with E-state index in [1.807, 2.05) is 6.07 Å². The topological polar surface area (TPSA) is 42.7 Å². The first kappa shape index (κ1) is 38.6. The van der Waals surface area contributed by atoms with Gasteiger partial charge in [-0.25, -0.2) is 0 Å². The number of hydrogen-bond donors (Lipinski definition) is 0. The zero-order valence-electron chi connectivity index (χ0n) is 38.2. The average molecular weight is 906 g/mol. The lowest BCUT2D eigenvalue weighted by Crippen LogP contribution is -2.25. The highest BCUT2D eigenvalue weighted by atomic mass is 16.3. The Morgan fingerprint density at radius 2 is 0.803 bits per heavy atom. The van der Waals surface area contributed by atoms with Gasteiger partial charge in [-0.05, 0) is 98.1 Å². The SMILES string of the molecule is c1ccc(-c2ccccc2N(c2cccc3c2oc2ccccc23)c2cccc3oc4c(-c5cccc6c5-c5ccccc5C65c6ccccc6-c6ccccc65)c5c(cc4c23)oc2ccccc25)cc1. The Balaban J connectivity index is 1.04. The van der Waals surface area contributed by atoms with Gasteiger partial charge < -0.3 is 18.2 Å². The molecule has 0 amide bonds. The van der Waals surface area contributed by atoms with Gasteiger partial charge in [-0.2, -0.15) is 0 Å². The Morgan fingerprint density at radius 3 is 1.59 bits per heavy atom. The van der Waals surface area contributed by atoms with Crippen molar-refractivity contribution in [3.63, 3.8) is 0 Å². The fourth-order valence-corrected chi connectivity index (χ4v) is 12.8. The van der Waals surface area contributed by atoms with Gasteiger partial charge in [-0.15, -0.1) is 0 Å². The van der Waals surface area contributed by atoms with Gasteiger partial charge in [0.05, 0.1) is 27.9 Å². The Morgan fingerprint density at radius 1 is 0.282 bits per heavy atom. The summed E-state index contributed by atoms with van der Waals surface area (Å²) in [4.78, 5) is 2.38. The van der Waals surface area contributed by atoms with Crippen LogP contribution in [0.15, 0.2) is 250 Å². The maximum absolute atomic E-state index is 7.46. The highest BCUT2D eigenvalue weighted by Crippen LogP contribution is 2.65. The van der Waals surface area contributed by atoms with E-state index < -0.39 is 5.41 Å². The number of anilines is 3. The van der Waals surface area contributed by atoms with E-state index in [2.05, 4.69) is 235 Å². The Hall–Kier alpha value is -9.38. The molecule has 71 heavy (non-hydrogen) atoms. The third-order valence-corrected chi connectivity index (χ3v) is 15.5. The van der Waals surface area contributed by atoms with Crippen molar-refractivity contribution in [3.05, 3.63) is 259 Å². The molecule has 4 nitrogen and oxygen atoms in total. The van der Waals surface area contributed by atoms with E-state index >= 15 is 0 Å². The standard InChI is InChI=1S/C67H39NO3/c1-2-19-40(20-3-1)41-21-7-13-33-54(41)68(56-35-17-27-45-44-24-8-14-36-57(44)70-65(45)56)55-34-18-38-59-62(55)49-39-60-63(47-26-9-15-37-58(47)69-60)64(66(49)71-59)48-28-16-32-53-61(48)46-25-6-12-31-52(46)67(53)50-29-10-4-22-42(50)43-23-5-11-30-51(43)67/h1-39H. The molecule has 3 heterocycles. The predicted molar refractivity (Wildman–Crippen MR) is 290 cm³/mol. The molecule has 16 rings (SSSR count). The van der Waals surface area contributed by atoms with E-state index in [4.69, 9.17) is 13.3 Å². The minimum Gasteiger partial charge on any atom is -0.456 e. The lowest BCUT2D eigenvalue weighted by atomic mass is 9.70. The van der Waals surface area contributed by atoms with Crippen molar-refractivity contribution in [2.45, 2.75) is 5.41 Å². The average Bonchev–Trinajstić information content (AvgIpc) is 4.25. The summed E-state index contributed by atoms with van der Waals surface area (Å²) in [7, 11) is 0. The van der Waals surface area contributed by atoms with Crippen molar-refractivity contribution in [3.8, 4) is 44.5 Å². The van der Waals surface area contributed by atoms with Gasteiger partial charge in [-0.1, -0.05) is 194 Å². The number of rotatable bonds is 5. The maximum atomic E-state index is 7.46. The molecule has 0 aliphatic heterocycles. The molecule has 0 fully saturated rings. The van der Waals surface area contributed by atoms with Crippen LogP contribution in [-0.4, -0.2) is 0 Å². The number of fused-ring (bicyclic) bond motifs is 19. The number of nitrogens with zero attached hydrogens (tertiary/aromatic N) is 1. The summed E-state index contributed by atoms with van der Waals surface area (Å²) in [5, 5.41) is 6.15. The lowest BCUT2D eigenvalue weighted by Gasteiger charge is -2.30. The fourth-order valence-electron chi connectivity index (χ4n) is 12.8. The normalized spacial score (nSPS) is 13.2. The molecular formula is C67H39NO3. The quantitative estimate of drug-likeness (QED) is 0.173. The number of para-hydroxylation sites is 4. The molecule has 0 saturated heterocycles. The van der Waals surface area contributed by atoms with Crippen LogP contribution in [0, 0.1) is 0 Å². The first-order valence-corrected chi connectivity index (χ1v) is 24.3. The van der Waals surface area contributed by atoms with Gasteiger partial charge in [0.2, 0.25) is 0 Å². The molecule has 0 saturated carbocycles. The van der Waals surface area contributed by atoms with Crippen LogP contribution in [0.2, 0.25) is 0 Å². The second-order valence-electron chi connectivity index (χ2n) is 18.9. The van der Waals surface area contributed by atoms with Gasteiger partial charge in [0.25, 0.3) is 0 Å². The molecule has 0 bridgehead atoms. The summed E-state index contributed by atoms with van der Waals surface area (Å²) in [6, 6.07) is 85.1. The van der Waals surface area contributed by atoms with Crippen LogP contribution in [-0.2, 0) is 5.41 Å². The van der Waals surface area contributed by atoms with E-state index in [1.54, 1.807) is 0 Å². The number of furan rings is 3. The zero-order chi connectivity index (χ0) is 46.4. The van der Waals surface area contributed by atoms with Crippen molar-refractivity contribution in [1.82, 2.24) is 0 Å². The van der Waals surface area contributed by atoms with Crippen molar-refractivity contribution in [2.24, 2.45) is 0 Å². The van der Waals surface area contributed by atoms with Crippen LogP contribution >= 0.6 is 0 Å². The van der Waals surface area contributed by atoms with Crippen molar-refractivity contribution < 1.29 is 13.3 Å². The molecule has 11 aromatic carbocycles. The van der Waals surface area contributed by atoms with Crippen molar-refractivity contribution in [1.29, 1.82) is 0 Å². The second kappa shape index (κ2) is 14.3. The van der Waals surface area contributed by atoms with Crippen LogP contribution in [0.3, 0.4) is 0 Å². The molecule has 3 aromatic heterocycles. The minimum absolute atomic E-state index is 0.508. The van der Waals surface area contributed by atoms with Gasteiger partial charge in [-0.3, -0.25) is 0 Å². The summed E-state index contributed by atoms with van der Waals surface area (Å²) in [5.41, 5.74) is 21.8. The molecule has 0 N–H and O–H groups in total. The Bertz CT molecular complexity index is 4500. The third kappa shape index (κ3) is 5.07. The molecule has 2 aliphatic carbocycles. The molecule has 1 spiro atoms. The van der Waals surface area contributed by atoms with Crippen LogP contribution in [0.4, 0.5) is 17.1 Å². The van der Waals surface area contributed by atoms with E-state index in [0.717, 1.165) is 105 Å². The molecular weight excluding hydrogens is 867 g/mol. The second-order valence-corrected chi connectivity index (χ2v) is 18.9. The first-order chi connectivity index (χ1) is 35.3. The van der Waals surface area contributed by atoms with E-state index in [1.165, 1.54) is 44.5 Å². The zero-order valence-corrected chi connectivity index (χ0v) is 38.2. The summed E-state index contributed by atoms with van der Waals surface area (Å²) < 4.78 is 21.3. The van der Waals surface area contributed by atoms with E-state index in [0.29, 0.717) is 0 Å². The van der Waals surface area contributed by atoms with Crippen LogP contribution < -0.4 is 4.90 Å². The summed E-state index contributed by atoms with van der Waals surface area (Å²) in [6.07, 6.45) is 0. The van der Waals surface area contributed by atoms with E-state index in [-0.39, 0.29) is 0 Å². The highest BCUT2D eigenvalue weighted by molar-refractivity contribution is 6.27.